The van der Waals surface area contributed by atoms with E-state index in [9.17, 15) is 0 Å². The van der Waals surface area contributed by atoms with Crippen LogP contribution in [0.4, 0.5) is 0 Å². The third kappa shape index (κ3) is 15.7. The summed E-state index contributed by atoms with van der Waals surface area (Å²) in [4.78, 5) is 9.85. The molecule has 0 aliphatic rings. The van der Waals surface area contributed by atoms with Crippen molar-refractivity contribution in [3.63, 3.8) is 0 Å². The van der Waals surface area contributed by atoms with Crippen molar-refractivity contribution in [1.82, 2.24) is 0 Å². The van der Waals surface area contributed by atoms with Crippen molar-refractivity contribution in [3.05, 3.63) is 5.92 Å². The van der Waals surface area contributed by atoms with E-state index in [1.54, 1.807) is 0 Å². The van der Waals surface area contributed by atoms with Crippen LogP contribution in [0, 0.1) is 5.92 Å². The van der Waals surface area contributed by atoms with E-state index in [1.165, 1.54) is 25.2 Å². The molecule has 10 heavy (non-hydrogen) atoms. The molecule has 0 fully saturated rings. The van der Waals surface area contributed by atoms with Gasteiger partial charge in [0.25, 0.3) is 0 Å². The Morgan fingerprint density at radius 2 is 2.00 bits per heavy atom. The number of hydrogen-bond acceptors (Lipinski definition) is 1. The van der Waals surface area contributed by atoms with Gasteiger partial charge in [-0.1, -0.05) is 0 Å². The normalized spacial score (nSPS) is 8.30. The first-order chi connectivity index (χ1) is 4.77. The van der Waals surface area contributed by atoms with Crippen LogP contribution in [-0.4, -0.2) is 11.7 Å². The van der Waals surface area contributed by atoms with E-state index in [4.69, 9.17) is 4.79 Å². The molecular formula is C8H14CrO-2. The van der Waals surface area contributed by atoms with Crippen LogP contribution in [0.25, 0.3) is 0 Å². The van der Waals surface area contributed by atoms with Crippen molar-refractivity contribution < 1.29 is 20.6 Å². The van der Waals surface area contributed by atoms with Gasteiger partial charge in [0, 0.05) is 0 Å². The minimum Gasteiger partial charge on any atom is -0.545 e. The third-order valence-corrected chi connectivity index (χ3v) is 1.37. The summed E-state index contributed by atoms with van der Waals surface area (Å²) in [6.07, 6.45) is 3.79. The molecule has 60 valence electrons. The fourth-order valence-corrected chi connectivity index (χ4v) is 0.799. The quantitative estimate of drug-likeness (QED) is 0.365. The molecule has 0 N–H and O–H groups in total. The molecule has 0 atom stereocenters. The standard InChI is InChI=1S/C7H13.CHO.Cr/c1-4-5-6-7(2)3;1-2;/h1H,4-6H2,2-3H3;1H;/q2*-1;. The zero-order valence-electron chi connectivity index (χ0n) is 6.59. The average molecular weight is 178 g/mol. The van der Waals surface area contributed by atoms with Crippen LogP contribution in [0.3, 0.4) is 0 Å². The van der Waals surface area contributed by atoms with E-state index in [1.807, 2.05) is 0 Å². The Labute approximate surface area is 71.8 Å². The van der Waals surface area contributed by atoms with Gasteiger partial charge in [-0.2, -0.15) is 0 Å². The summed E-state index contributed by atoms with van der Waals surface area (Å²) in [5.41, 5.74) is 0. The van der Waals surface area contributed by atoms with Crippen molar-refractivity contribution in [2.75, 3.05) is 0 Å². The zero-order chi connectivity index (χ0) is 8.41. The van der Waals surface area contributed by atoms with Gasteiger partial charge in [0.2, 0.25) is 0 Å². The van der Waals surface area contributed by atoms with Crippen molar-refractivity contribution in [3.8, 4) is 0 Å². The first kappa shape index (κ1) is 12.7. The van der Waals surface area contributed by atoms with Crippen LogP contribution >= 0.6 is 0 Å². The van der Waals surface area contributed by atoms with Crippen LogP contribution in [0.5, 0.6) is 0 Å². The maximum absolute atomic E-state index is 7.75. The number of carbonyl (C=O) groups excluding carboxylic acids is 1. The second-order valence-corrected chi connectivity index (χ2v) is 2.79. The molecule has 0 saturated heterocycles. The van der Waals surface area contributed by atoms with E-state index >= 15 is 0 Å². The van der Waals surface area contributed by atoms with Gasteiger partial charge in [0.15, 0.2) is 0 Å². The summed E-state index contributed by atoms with van der Waals surface area (Å²) in [5.74, 6) is 1.53. The van der Waals surface area contributed by atoms with Gasteiger partial charge in [-0.05, 0) is 0 Å². The van der Waals surface area contributed by atoms with Gasteiger partial charge in [-0.15, -0.1) is 0 Å². The van der Waals surface area contributed by atoms with Crippen molar-refractivity contribution in [2.24, 2.45) is 0 Å². The summed E-state index contributed by atoms with van der Waals surface area (Å²) in [6, 6.07) is 0. The number of hydrogen-bond donors (Lipinski definition) is 0. The van der Waals surface area contributed by atoms with E-state index in [2.05, 4.69) is 41.4 Å². The molecule has 1 nitrogen and oxygen atoms in total. The van der Waals surface area contributed by atoms with Crippen molar-refractivity contribution in [2.45, 2.75) is 33.1 Å². The minimum atomic E-state index is 1.21. The second kappa shape index (κ2) is 11.8. The molecule has 0 radical (unpaired) electrons. The first-order valence-electron chi connectivity index (χ1n) is 3.23. The molecule has 0 aromatic carbocycles. The fourth-order valence-electron chi connectivity index (χ4n) is 0.539. The molecule has 0 aliphatic heterocycles. The zero-order valence-corrected chi connectivity index (χ0v) is 7.87. The topological polar surface area (TPSA) is 17.1 Å². The number of rotatable bonds is 4. The molecule has 0 unspecified atom stereocenters. The van der Waals surface area contributed by atoms with E-state index in [0.717, 1.165) is 0 Å². The molecule has 0 bridgehead atoms. The fraction of sp³-hybridized carbons (Fsp3) is 0.625. The molecule has 0 aromatic heterocycles. The van der Waals surface area contributed by atoms with Gasteiger partial charge >= 0.3 is 59.8 Å². The Bertz CT molecular complexity index is 71.7. The number of unbranched alkanes of at least 4 members (excludes halogenated alkanes) is 1. The molecule has 0 aliphatic carbocycles. The summed E-state index contributed by atoms with van der Waals surface area (Å²) >= 11 is 2.88. The minimum absolute atomic E-state index is 1.21. The molecule has 0 amide bonds. The molecule has 0 rings (SSSR count). The van der Waals surface area contributed by atoms with Crippen LogP contribution in [0.1, 0.15) is 33.1 Å². The first-order valence-corrected chi connectivity index (χ1v) is 3.97. The second-order valence-electron chi connectivity index (χ2n) is 2.27. The molecular weight excluding hydrogens is 164 g/mol. The maximum Gasteiger partial charge on any atom is -0.282 e. The molecule has 0 spiro atoms. The summed E-state index contributed by atoms with van der Waals surface area (Å²) in [5, 5.41) is 0. The van der Waals surface area contributed by atoms with E-state index in [-0.39, 0.29) is 0 Å². The molecule has 0 aromatic rings. The molecule has 0 heterocycles. The third-order valence-electron chi connectivity index (χ3n) is 0.999. The predicted molar refractivity (Wildman–Crippen MR) is 41.3 cm³/mol. The predicted octanol–water partition coefficient (Wildman–Crippen LogP) is 1.85. The Kier molecular flexibility index (Phi) is 15.0. The Balaban J connectivity index is 0. The molecule has 0 saturated carbocycles. The van der Waals surface area contributed by atoms with Crippen molar-refractivity contribution >= 4 is 11.7 Å². The van der Waals surface area contributed by atoms with E-state index < -0.39 is 0 Å². The largest absolute Gasteiger partial charge is 0.545 e. The van der Waals surface area contributed by atoms with E-state index in [0.29, 0.717) is 0 Å². The summed E-state index contributed by atoms with van der Waals surface area (Å²) in [7, 11) is 0. The smallest absolute Gasteiger partial charge is 0.282 e. The van der Waals surface area contributed by atoms with Gasteiger partial charge in [0.1, 0.15) is 0 Å². The summed E-state index contributed by atoms with van der Waals surface area (Å²) < 4.78 is 0. The Morgan fingerprint density at radius 3 is 2.30 bits per heavy atom. The van der Waals surface area contributed by atoms with Crippen LogP contribution in [0.2, 0.25) is 0 Å². The van der Waals surface area contributed by atoms with Crippen LogP contribution < -0.4 is 0 Å². The monoisotopic (exact) mass is 178 g/mol. The summed E-state index contributed by atoms with van der Waals surface area (Å²) in [6.45, 7) is 7.61. The maximum atomic E-state index is 7.75. The van der Waals surface area contributed by atoms with Gasteiger partial charge < -0.3 is 4.79 Å². The molecule has 2 heteroatoms. The van der Waals surface area contributed by atoms with Crippen LogP contribution in [0.15, 0.2) is 0 Å². The van der Waals surface area contributed by atoms with Crippen molar-refractivity contribution in [1.29, 1.82) is 0 Å². The SMILES string of the molecule is C[C-](C)CCC[CH]=[Cr].[CH-]=O. The Morgan fingerprint density at radius 1 is 1.50 bits per heavy atom. The Hall–Kier alpha value is 0.0725. The average Bonchev–Trinajstić information content (AvgIpc) is 1.92. The van der Waals surface area contributed by atoms with Gasteiger partial charge in [-0.25, -0.2) is 0 Å². The van der Waals surface area contributed by atoms with Gasteiger partial charge in [0.05, 0.1) is 0 Å². The van der Waals surface area contributed by atoms with Gasteiger partial charge in [-0.3, -0.25) is 6.79 Å². The van der Waals surface area contributed by atoms with Crippen LogP contribution in [-0.2, 0) is 20.6 Å².